The minimum absolute atomic E-state index is 0.170. The fourth-order valence-corrected chi connectivity index (χ4v) is 3.97. The molecule has 10 heteroatoms. The molecule has 0 saturated heterocycles. The Balaban J connectivity index is 1.87. The van der Waals surface area contributed by atoms with E-state index < -0.39 is 0 Å². The topological polar surface area (TPSA) is 124 Å². The Morgan fingerprint density at radius 3 is 2.81 bits per heavy atom. The number of rotatable bonds is 0. The van der Waals surface area contributed by atoms with E-state index in [2.05, 4.69) is 32.3 Å². The van der Waals surface area contributed by atoms with Crippen LogP contribution in [0.4, 0.5) is 17.5 Å². The van der Waals surface area contributed by atoms with Gasteiger partial charge in [-0.2, -0.15) is 15.5 Å². The molecule has 0 aliphatic carbocycles. The number of nitrogens with two attached hydrogens (primary N) is 1. The number of aryl methyl sites for hydroxylation is 2. The summed E-state index contributed by atoms with van der Waals surface area (Å²) in [5, 5.41) is 19.0. The zero-order valence-corrected chi connectivity index (χ0v) is 18.1. The fraction of sp³-hybridized carbons (Fsp3) is 0.227. The third kappa shape index (κ3) is 2.86. The molecule has 0 amide bonds. The molecule has 1 aromatic carbocycles. The van der Waals surface area contributed by atoms with Crippen LogP contribution in [0.3, 0.4) is 0 Å². The normalized spacial score (nSPS) is 14.8. The van der Waals surface area contributed by atoms with Crippen LogP contribution in [0.15, 0.2) is 36.7 Å². The van der Waals surface area contributed by atoms with Crippen LogP contribution in [0.5, 0.6) is 5.88 Å². The van der Waals surface area contributed by atoms with Gasteiger partial charge in [-0.15, -0.1) is 0 Å². The van der Waals surface area contributed by atoms with Crippen molar-refractivity contribution in [3.8, 4) is 28.9 Å². The van der Waals surface area contributed by atoms with Crippen LogP contribution in [0.2, 0.25) is 0 Å². The third-order valence-electron chi connectivity index (χ3n) is 5.58. The number of nitriles is 1. The quantitative estimate of drug-likeness (QED) is 0.454. The first kappa shape index (κ1) is 19.6. The van der Waals surface area contributed by atoms with Crippen molar-refractivity contribution in [3.63, 3.8) is 0 Å². The van der Waals surface area contributed by atoms with Crippen LogP contribution in [-0.2, 0) is 7.05 Å². The number of nitrogen functional groups attached to an aromatic ring is 1. The van der Waals surface area contributed by atoms with Crippen molar-refractivity contribution in [2.75, 3.05) is 17.7 Å². The Labute approximate surface area is 184 Å². The molecular formula is C22H21N9O. The Morgan fingerprint density at radius 2 is 2.03 bits per heavy atom. The highest BCUT2D eigenvalue weighted by molar-refractivity contribution is 5.81. The maximum absolute atomic E-state index is 9.83. The molecule has 0 spiro atoms. The van der Waals surface area contributed by atoms with E-state index in [-0.39, 0.29) is 17.8 Å². The number of benzene rings is 1. The van der Waals surface area contributed by atoms with E-state index in [4.69, 9.17) is 10.5 Å². The summed E-state index contributed by atoms with van der Waals surface area (Å²) in [6.45, 7) is 3.96. The van der Waals surface area contributed by atoms with Gasteiger partial charge in [0.05, 0.1) is 29.3 Å². The van der Waals surface area contributed by atoms with E-state index in [1.807, 2.05) is 48.7 Å². The van der Waals surface area contributed by atoms with Gasteiger partial charge in [-0.3, -0.25) is 4.68 Å². The largest absolute Gasteiger partial charge is 0.467 e. The molecule has 32 heavy (non-hydrogen) atoms. The summed E-state index contributed by atoms with van der Waals surface area (Å²) in [6, 6.07) is 10.2. The van der Waals surface area contributed by atoms with E-state index in [0.717, 1.165) is 22.6 Å². The first-order valence-corrected chi connectivity index (χ1v) is 10.0. The molecule has 0 saturated carbocycles. The molecule has 10 nitrogen and oxygen atoms in total. The first-order valence-electron chi connectivity index (χ1n) is 10.0. The Hall–Kier alpha value is -4.39. The van der Waals surface area contributed by atoms with E-state index in [9.17, 15) is 5.26 Å². The van der Waals surface area contributed by atoms with Gasteiger partial charge in [0.1, 0.15) is 23.7 Å². The summed E-state index contributed by atoms with van der Waals surface area (Å²) in [6.07, 6.45) is 2.87. The maximum atomic E-state index is 9.83. The molecule has 0 radical (unpaired) electrons. The van der Waals surface area contributed by atoms with Crippen molar-refractivity contribution in [2.24, 2.45) is 7.05 Å². The molecule has 0 unspecified atom stereocenters. The second kappa shape index (κ2) is 7.09. The first-order chi connectivity index (χ1) is 15.4. The van der Waals surface area contributed by atoms with Crippen molar-refractivity contribution in [1.82, 2.24) is 29.5 Å². The second-order valence-corrected chi connectivity index (χ2v) is 7.71. The summed E-state index contributed by atoms with van der Waals surface area (Å²) >= 11 is 0. The van der Waals surface area contributed by atoms with Crippen molar-refractivity contribution >= 4 is 17.5 Å². The van der Waals surface area contributed by atoms with Crippen molar-refractivity contribution in [1.29, 1.82) is 5.26 Å². The zero-order valence-electron chi connectivity index (χ0n) is 18.1. The Bertz CT molecular complexity index is 1400. The van der Waals surface area contributed by atoms with E-state index in [0.29, 0.717) is 22.8 Å². The van der Waals surface area contributed by atoms with Gasteiger partial charge in [0.25, 0.3) is 5.88 Å². The molecule has 1 aliphatic heterocycles. The van der Waals surface area contributed by atoms with Crippen LogP contribution in [0, 0.1) is 18.3 Å². The predicted molar refractivity (Wildman–Crippen MR) is 119 cm³/mol. The van der Waals surface area contributed by atoms with Gasteiger partial charge in [0.15, 0.2) is 11.6 Å². The summed E-state index contributed by atoms with van der Waals surface area (Å²) < 4.78 is 9.56. The average molecular weight is 427 g/mol. The number of hydrogen-bond acceptors (Lipinski definition) is 8. The highest BCUT2D eigenvalue weighted by Crippen LogP contribution is 2.39. The second-order valence-electron chi connectivity index (χ2n) is 7.71. The molecule has 2 N–H and O–H groups in total. The van der Waals surface area contributed by atoms with Crippen molar-refractivity contribution in [2.45, 2.75) is 20.0 Å². The van der Waals surface area contributed by atoms with Gasteiger partial charge in [0, 0.05) is 25.7 Å². The van der Waals surface area contributed by atoms with Crippen LogP contribution in [-0.4, -0.2) is 36.6 Å². The average Bonchev–Trinajstić information content (AvgIpc) is 3.38. The lowest BCUT2D eigenvalue weighted by atomic mass is 10.0. The lowest BCUT2D eigenvalue weighted by molar-refractivity contribution is 0.218. The molecule has 4 heterocycles. The Morgan fingerprint density at radius 1 is 1.22 bits per heavy atom. The number of aromatic nitrogens is 6. The molecule has 1 aliphatic rings. The van der Waals surface area contributed by atoms with Crippen LogP contribution in [0.1, 0.15) is 29.8 Å². The van der Waals surface area contributed by atoms with Gasteiger partial charge in [-0.25, -0.2) is 14.6 Å². The SMILES string of the molecule is Cc1ccc2c(c1)[C@@H](C)Oc1nc(cnc1N)-c1c(nn(C)c1C#N)N(C)c1ccnn1-2. The van der Waals surface area contributed by atoms with E-state index in [1.54, 1.807) is 13.2 Å². The van der Waals surface area contributed by atoms with Gasteiger partial charge < -0.3 is 15.4 Å². The third-order valence-corrected chi connectivity index (χ3v) is 5.58. The van der Waals surface area contributed by atoms with Crippen molar-refractivity contribution < 1.29 is 4.74 Å². The van der Waals surface area contributed by atoms with E-state index >= 15 is 0 Å². The van der Waals surface area contributed by atoms with Crippen LogP contribution < -0.4 is 15.4 Å². The maximum Gasteiger partial charge on any atom is 0.258 e. The summed E-state index contributed by atoms with van der Waals surface area (Å²) in [5.74, 6) is 1.68. The fourth-order valence-electron chi connectivity index (χ4n) is 3.97. The summed E-state index contributed by atoms with van der Waals surface area (Å²) in [4.78, 5) is 10.8. The zero-order chi connectivity index (χ0) is 22.6. The molecule has 160 valence electrons. The van der Waals surface area contributed by atoms with E-state index in [1.165, 1.54) is 10.9 Å². The lowest BCUT2D eigenvalue weighted by Crippen LogP contribution is -2.19. The number of nitrogens with zero attached hydrogens (tertiary/aromatic N) is 8. The minimum Gasteiger partial charge on any atom is -0.467 e. The van der Waals surface area contributed by atoms with Crippen LogP contribution >= 0.6 is 0 Å². The standard InChI is InChI=1S/C22H21N9O/c1-12-5-6-16-14(9-12)13(2)32-22-20(24)25-11-15(27-22)19-17(10-23)30(4)28-21(19)29(3)18-7-8-26-31(16)18/h5-9,11,13H,1-4H3,(H2,24,25)/t13-/m1/s1. The summed E-state index contributed by atoms with van der Waals surface area (Å²) in [7, 11) is 3.60. The van der Waals surface area contributed by atoms with Gasteiger partial charge in [0.2, 0.25) is 0 Å². The number of anilines is 3. The lowest BCUT2D eigenvalue weighted by Gasteiger charge is -2.24. The minimum atomic E-state index is -0.387. The monoisotopic (exact) mass is 427 g/mol. The highest BCUT2D eigenvalue weighted by atomic mass is 16.5. The van der Waals surface area contributed by atoms with Gasteiger partial charge in [-0.05, 0) is 19.9 Å². The molecule has 4 aromatic rings. The van der Waals surface area contributed by atoms with Crippen LogP contribution in [0.25, 0.3) is 16.9 Å². The smallest absolute Gasteiger partial charge is 0.258 e. The predicted octanol–water partition coefficient (Wildman–Crippen LogP) is 3.05. The van der Waals surface area contributed by atoms with Gasteiger partial charge in [-0.1, -0.05) is 17.7 Å². The Kier molecular flexibility index (Phi) is 4.34. The molecule has 3 aromatic heterocycles. The summed E-state index contributed by atoms with van der Waals surface area (Å²) in [5.41, 5.74) is 10.3. The number of hydrogen-bond donors (Lipinski definition) is 1. The van der Waals surface area contributed by atoms with Gasteiger partial charge >= 0.3 is 0 Å². The molecule has 0 fully saturated rings. The number of fused-ring (bicyclic) bond motifs is 7. The highest BCUT2D eigenvalue weighted by Gasteiger charge is 2.28. The molecule has 1 atom stereocenters. The van der Waals surface area contributed by atoms with Crippen molar-refractivity contribution in [3.05, 3.63) is 53.5 Å². The molecular weight excluding hydrogens is 406 g/mol. The molecule has 5 rings (SSSR count). The number of ether oxygens (including phenoxy) is 1. The molecule has 2 bridgehead atoms.